The summed E-state index contributed by atoms with van der Waals surface area (Å²) in [6.45, 7) is 0. The van der Waals surface area contributed by atoms with Crippen molar-refractivity contribution in [1.29, 1.82) is 0 Å². The van der Waals surface area contributed by atoms with Gasteiger partial charge in [0.15, 0.2) is 5.78 Å². The average Bonchev–Trinajstić information content (AvgIpc) is 2.87. The molecule has 0 aliphatic heterocycles. The topological polar surface area (TPSA) is 84.6 Å². The van der Waals surface area contributed by atoms with Crippen LogP contribution in [0.4, 0.5) is 0 Å². The summed E-state index contributed by atoms with van der Waals surface area (Å²) in [5.74, 6) is -1.57. The summed E-state index contributed by atoms with van der Waals surface area (Å²) in [6, 6.07) is 9.03. The van der Waals surface area contributed by atoms with Crippen molar-refractivity contribution in [3.63, 3.8) is 0 Å². The third-order valence-electron chi connectivity index (χ3n) is 2.63. The van der Waals surface area contributed by atoms with Crippen LogP contribution >= 0.6 is 11.6 Å². The molecule has 1 heterocycles. The van der Waals surface area contributed by atoms with Crippen molar-refractivity contribution in [2.75, 3.05) is 5.75 Å². The Hall–Kier alpha value is -1.92. The highest BCUT2D eigenvalue weighted by Crippen LogP contribution is 2.13. The zero-order chi connectivity index (χ0) is 15.4. The number of Topliss-reactive ketones (excluding diaryl/α,β-unsaturated/α-hetero) is 1. The van der Waals surface area contributed by atoms with Crippen LogP contribution in [0.2, 0.25) is 5.02 Å². The van der Waals surface area contributed by atoms with Gasteiger partial charge in [0.25, 0.3) is 0 Å². The highest BCUT2D eigenvalue weighted by molar-refractivity contribution is 7.85. The first-order valence-electron chi connectivity index (χ1n) is 5.91. The summed E-state index contributed by atoms with van der Waals surface area (Å²) in [5.41, 5.74) is 0.429. The van der Waals surface area contributed by atoms with Crippen LogP contribution in [0.1, 0.15) is 26.7 Å². The molecule has 0 bridgehead atoms. The van der Waals surface area contributed by atoms with Crippen LogP contribution in [0, 0.1) is 0 Å². The quantitative estimate of drug-likeness (QED) is 0.825. The summed E-state index contributed by atoms with van der Waals surface area (Å²) in [5, 5.41) is 9.23. The van der Waals surface area contributed by atoms with E-state index in [0.29, 0.717) is 10.6 Å². The Labute approximate surface area is 128 Å². The number of halogens is 1. The van der Waals surface area contributed by atoms with E-state index in [0.717, 1.165) is 0 Å². The monoisotopic (exact) mass is 326 g/mol. The fourth-order valence-corrected chi connectivity index (χ4v) is 2.81. The van der Waals surface area contributed by atoms with Crippen molar-refractivity contribution in [2.24, 2.45) is 0 Å². The lowest BCUT2D eigenvalue weighted by atomic mass is 10.1. The van der Waals surface area contributed by atoms with Crippen LogP contribution in [0.3, 0.4) is 0 Å². The van der Waals surface area contributed by atoms with Gasteiger partial charge in [-0.1, -0.05) is 11.6 Å². The summed E-state index contributed by atoms with van der Waals surface area (Å²) < 4.78 is 16.9. The molecule has 0 spiro atoms. The van der Waals surface area contributed by atoms with Crippen LogP contribution in [-0.2, 0) is 16.6 Å². The third kappa shape index (κ3) is 4.27. The second-order valence-electron chi connectivity index (χ2n) is 4.23. The maximum absolute atomic E-state index is 11.9. The number of furan rings is 1. The molecule has 21 heavy (non-hydrogen) atoms. The Kier molecular flexibility index (Phi) is 4.93. The van der Waals surface area contributed by atoms with E-state index in [1.165, 1.54) is 12.1 Å². The van der Waals surface area contributed by atoms with Gasteiger partial charge >= 0.3 is 5.97 Å². The predicted octanol–water partition coefficient (Wildman–Crippen LogP) is 2.76. The molecule has 0 saturated heterocycles. The van der Waals surface area contributed by atoms with E-state index in [-0.39, 0.29) is 28.8 Å². The fourth-order valence-electron chi connectivity index (χ4n) is 1.65. The van der Waals surface area contributed by atoms with Crippen LogP contribution in [-0.4, -0.2) is 26.8 Å². The Morgan fingerprint density at radius 1 is 1.14 bits per heavy atom. The number of hydrogen-bond donors (Lipinski definition) is 1. The fraction of sp³-hybridized carbons (Fsp3) is 0.143. The predicted molar refractivity (Wildman–Crippen MR) is 78.2 cm³/mol. The summed E-state index contributed by atoms with van der Waals surface area (Å²) in [7, 11) is -1.48. The van der Waals surface area contributed by atoms with Gasteiger partial charge in [-0.05, 0) is 36.4 Å². The molecule has 1 N–H and O–H groups in total. The molecule has 0 aliphatic carbocycles. The molecule has 1 aromatic heterocycles. The summed E-state index contributed by atoms with van der Waals surface area (Å²) in [4.78, 5) is 22.6. The standard InChI is InChI=1S/C14H11ClO5S/c15-10-3-1-9(2-4-10)12(16)8-21(19)7-11-5-6-13(20-11)14(17)18/h1-6H,7-8H2,(H,17,18). The maximum atomic E-state index is 11.9. The number of ketones is 1. The van der Waals surface area contributed by atoms with Crippen molar-refractivity contribution in [3.05, 3.63) is 58.5 Å². The minimum absolute atomic E-state index is 0.00733. The van der Waals surface area contributed by atoms with E-state index in [1.807, 2.05) is 0 Å². The lowest BCUT2D eigenvalue weighted by Gasteiger charge is -2.01. The zero-order valence-electron chi connectivity index (χ0n) is 10.7. The van der Waals surface area contributed by atoms with E-state index < -0.39 is 16.8 Å². The number of carbonyl (C=O) groups is 2. The molecular formula is C14H11ClO5S. The van der Waals surface area contributed by atoms with E-state index in [9.17, 15) is 13.8 Å². The van der Waals surface area contributed by atoms with Gasteiger partial charge in [-0.25, -0.2) is 4.79 Å². The number of aromatic carboxylic acids is 1. The molecule has 1 aromatic carbocycles. The number of hydrogen-bond acceptors (Lipinski definition) is 4. The minimum atomic E-state index is -1.48. The molecule has 0 radical (unpaired) electrons. The maximum Gasteiger partial charge on any atom is 0.371 e. The van der Waals surface area contributed by atoms with E-state index >= 15 is 0 Å². The van der Waals surface area contributed by atoms with Gasteiger partial charge in [0, 0.05) is 21.4 Å². The van der Waals surface area contributed by atoms with Crippen molar-refractivity contribution < 1.29 is 23.3 Å². The van der Waals surface area contributed by atoms with Crippen LogP contribution in [0.15, 0.2) is 40.8 Å². The molecule has 1 atom stereocenters. The second-order valence-corrected chi connectivity index (χ2v) is 6.12. The van der Waals surface area contributed by atoms with Crippen molar-refractivity contribution in [3.8, 4) is 0 Å². The Balaban J connectivity index is 1.96. The zero-order valence-corrected chi connectivity index (χ0v) is 12.3. The van der Waals surface area contributed by atoms with Gasteiger partial charge < -0.3 is 9.52 Å². The Morgan fingerprint density at radius 2 is 1.81 bits per heavy atom. The summed E-state index contributed by atoms with van der Waals surface area (Å²) in [6.07, 6.45) is 0. The normalized spacial score (nSPS) is 12.0. The molecule has 0 fully saturated rings. The highest BCUT2D eigenvalue weighted by atomic mass is 35.5. The molecule has 0 aliphatic rings. The first-order chi connectivity index (χ1) is 9.95. The smallest absolute Gasteiger partial charge is 0.371 e. The first kappa shape index (κ1) is 15.5. The van der Waals surface area contributed by atoms with Crippen LogP contribution in [0.5, 0.6) is 0 Å². The van der Waals surface area contributed by atoms with E-state index in [4.69, 9.17) is 21.1 Å². The molecule has 0 saturated carbocycles. The molecule has 2 aromatic rings. The van der Waals surface area contributed by atoms with Crippen molar-refractivity contribution in [2.45, 2.75) is 5.75 Å². The molecule has 7 heteroatoms. The summed E-state index contributed by atoms with van der Waals surface area (Å²) >= 11 is 5.73. The SMILES string of the molecule is O=C(CS(=O)Cc1ccc(C(=O)O)o1)c1ccc(Cl)cc1. The van der Waals surface area contributed by atoms with Gasteiger partial charge in [-0.2, -0.15) is 0 Å². The lowest BCUT2D eigenvalue weighted by Crippen LogP contribution is -2.12. The Bertz CT molecular complexity index is 690. The number of rotatable bonds is 6. The van der Waals surface area contributed by atoms with Crippen LogP contribution < -0.4 is 0 Å². The van der Waals surface area contributed by atoms with Crippen molar-refractivity contribution in [1.82, 2.24) is 0 Å². The van der Waals surface area contributed by atoms with E-state index in [1.54, 1.807) is 24.3 Å². The molecule has 2 rings (SSSR count). The van der Waals surface area contributed by atoms with Gasteiger partial charge in [-0.15, -0.1) is 0 Å². The molecule has 1 unspecified atom stereocenters. The van der Waals surface area contributed by atoms with Crippen molar-refractivity contribution >= 4 is 34.2 Å². The van der Waals surface area contributed by atoms with E-state index in [2.05, 4.69) is 0 Å². The van der Waals surface area contributed by atoms with Gasteiger partial charge in [0.2, 0.25) is 5.76 Å². The number of carbonyl (C=O) groups excluding carboxylic acids is 1. The lowest BCUT2D eigenvalue weighted by molar-refractivity contribution is 0.0660. The van der Waals surface area contributed by atoms with Gasteiger partial charge in [0.1, 0.15) is 5.76 Å². The minimum Gasteiger partial charge on any atom is -0.475 e. The molecule has 0 amide bonds. The highest BCUT2D eigenvalue weighted by Gasteiger charge is 2.14. The molecule has 5 nitrogen and oxygen atoms in total. The van der Waals surface area contributed by atoms with Crippen LogP contribution in [0.25, 0.3) is 0 Å². The van der Waals surface area contributed by atoms with Gasteiger partial charge in [0.05, 0.1) is 11.5 Å². The van der Waals surface area contributed by atoms with Gasteiger partial charge in [-0.3, -0.25) is 9.00 Å². The average molecular weight is 327 g/mol. The largest absolute Gasteiger partial charge is 0.475 e. The number of carboxylic acid groups (broad SMARTS) is 1. The first-order valence-corrected chi connectivity index (χ1v) is 7.78. The Morgan fingerprint density at radius 3 is 2.38 bits per heavy atom. The second kappa shape index (κ2) is 6.69. The number of carboxylic acids is 1. The molecular weight excluding hydrogens is 316 g/mol. The number of benzene rings is 1. The third-order valence-corrected chi connectivity index (χ3v) is 4.08. The molecule has 110 valence electrons.